The number of hydrogen-bond donors (Lipinski definition) is 1. The van der Waals surface area contributed by atoms with Crippen LogP contribution in [0, 0.1) is 5.92 Å². The fourth-order valence-electron chi connectivity index (χ4n) is 5.07. The van der Waals surface area contributed by atoms with Crippen molar-refractivity contribution in [3.63, 3.8) is 0 Å². The molecule has 0 aliphatic carbocycles. The Morgan fingerprint density at radius 1 is 1.08 bits per heavy atom. The lowest BCUT2D eigenvalue weighted by Crippen LogP contribution is -2.31. The van der Waals surface area contributed by atoms with Crippen LogP contribution in [-0.4, -0.2) is 68.6 Å². The maximum atomic E-state index is 11.1. The molecule has 9 nitrogen and oxygen atoms in total. The molecular weight excluding hydrogens is 608 g/mol. The van der Waals surface area contributed by atoms with Gasteiger partial charge in [0.2, 0.25) is 13.6 Å². The predicted molar refractivity (Wildman–Crippen MR) is 194 cm³/mol. The highest BCUT2D eigenvalue weighted by molar-refractivity contribution is 5.63. The molecule has 0 saturated carbocycles. The fraction of sp³-hybridized carbons (Fsp3) is 0.487. The molecule has 1 fully saturated rings. The molecule has 2 aromatic carbocycles. The zero-order valence-electron chi connectivity index (χ0n) is 30.1. The SMILES string of the molecule is C/C=C(\C)OCO/C=C/C=C/C1CC(CCc2cccc3c2OCO3)N(CC=O)C1.CC.CC(=O)O.CCCCN(C)c1ccccc1. The van der Waals surface area contributed by atoms with E-state index in [1.165, 1.54) is 24.1 Å². The van der Waals surface area contributed by atoms with Gasteiger partial charge in [-0.05, 0) is 81.4 Å². The molecule has 2 atom stereocenters. The van der Waals surface area contributed by atoms with E-state index in [-0.39, 0.29) is 13.6 Å². The van der Waals surface area contributed by atoms with E-state index < -0.39 is 5.97 Å². The summed E-state index contributed by atoms with van der Waals surface area (Å²) >= 11 is 0. The summed E-state index contributed by atoms with van der Waals surface area (Å²) in [6, 6.07) is 16.9. The van der Waals surface area contributed by atoms with Crippen molar-refractivity contribution in [3.05, 3.63) is 90.4 Å². The second kappa shape index (κ2) is 25.8. The molecule has 2 aromatic rings. The number of aliphatic carboxylic acids is 1. The van der Waals surface area contributed by atoms with Crippen molar-refractivity contribution in [2.75, 3.05) is 45.2 Å². The van der Waals surface area contributed by atoms with Crippen LogP contribution >= 0.6 is 0 Å². The number of carboxylic acid groups (broad SMARTS) is 1. The number of anilines is 1. The third-order valence-corrected chi connectivity index (χ3v) is 7.57. The Morgan fingerprint density at radius 3 is 2.48 bits per heavy atom. The van der Waals surface area contributed by atoms with E-state index in [4.69, 9.17) is 28.8 Å². The van der Waals surface area contributed by atoms with Crippen molar-refractivity contribution < 1.29 is 33.6 Å². The third-order valence-electron chi connectivity index (χ3n) is 7.57. The number of para-hydroxylation sites is 2. The molecule has 0 amide bonds. The van der Waals surface area contributed by atoms with Gasteiger partial charge in [-0.15, -0.1) is 0 Å². The van der Waals surface area contributed by atoms with Crippen molar-refractivity contribution in [2.45, 2.75) is 79.7 Å². The second-order valence-corrected chi connectivity index (χ2v) is 11.1. The number of likely N-dealkylation sites (tertiary alicyclic amines) is 1. The highest BCUT2D eigenvalue weighted by Gasteiger charge is 2.30. The number of carbonyl (C=O) groups is 2. The van der Waals surface area contributed by atoms with Gasteiger partial charge in [-0.3, -0.25) is 9.69 Å². The van der Waals surface area contributed by atoms with Gasteiger partial charge in [-0.2, -0.15) is 0 Å². The standard InChI is InChI=1S/C24H31NO5.C11H17N.C2H4O2.C2H6/c1-3-19(2)28-17-27-14-5-4-7-20-15-22(25(16-20)12-13-26)11-10-21-8-6-9-23-24(21)30-18-29-23;1-3-4-10-12(2)11-8-6-5-7-9-11;1-2(3)4;1-2/h3-9,13-14,20,22H,10-12,15-18H2,1-2H3;5-9H,3-4,10H2,1-2H3;1H3,(H,3,4);1-2H3/b7-4+,14-5+,19-3+;;;. The summed E-state index contributed by atoms with van der Waals surface area (Å²) in [5, 5.41) is 7.42. The minimum absolute atomic E-state index is 0.205. The van der Waals surface area contributed by atoms with Crippen molar-refractivity contribution in [1.29, 1.82) is 0 Å². The first-order chi connectivity index (χ1) is 23.3. The number of benzene rings is 2. The molecule has 48 heavy (non-hydrogen) atoms. The first kappa shape index (κ1) is 41.8. The van der Waals surface area contributed by atoms with Crippen LogP contribution in [-0.2, 0) is 25.5 Å². The summed E-state index contributed by atoms with van der Waals surface area (Å²) in [7, 11) is 2.14. The van der Waals surface area contributed by atoms with E-state index in [0.29, 0.717) is 18.5 Å². The maximum absolute atomic E-state index is 11.1. The Hall–Kier alpha value is -4.24. The molecule has 9 heteroatoms. The minimum Gasteiger partial charge on any atom is -0.481 e. The fourth-order valence-corrected chi connectivity index (χ4v) is 5.07. The predicted octanol–water partition coefficient (Wildman–Crippen LogP) is 8.26. The normalized spacial score (nSPS) is 16.6. The zero-order valence-corrected chi connectivity index (χ0v) is 30.1. The van der Waals surface area contributed by atoms with Gasteiger partial charge in [-0.25, -0.2) is 0 Å². The van der Waals surface area contributed by atoms with Gasteiger partial charge in [0, 0.05) is 38.8 Å². The highest BCUT2D eigenvalue weighted by Crippen LogP contribution is 2.37. The Balaban J connectivity index is 0.000000528. The molecule has 1 N–H and O–H groups in total. The van der Waals surface area contributed by atoms with Crippen LogP contribution in [0.5, 0.6) is 11.5 Å². The number of carboxylic acids is 1. The number of hydrogen-bond acceptors (Lipinski definition) is 8. The number of fused-ring (bicyclic) bond motifs is 1. The van der Waals surface area contributed by atoms with Gasteiger partial charge >= 0.3 is 0 Å². The van der Waals surface area contributed by atoms with Crippen LogP contribution in [0.4, 0.5) is 5.69 Å². The smallest absolute Gasteiger partial charge is 0.300 e. The van der Waals surface area contributed by atoms with E-state index in [1.807, 2.05) is 58.1 Å². The second-order valence-electron chi connectivity index (χ2n) is 11.1. The Kier molecular flexibility index (Phi) is 22.5. The summed E-state index contributed by atoms with van der Waals surface area (Å²) in [5.41, 5.74) is 2.48. The Morgan fingerprint density at radius 2 is 1.81 bits per heavy atom. The average Bonchev–Trinajstić information content (AvgIpc) is 3.74. The quantitative estimate of drug-likeness (QED) is 0.0662. The number of aldehydes is 1. The van der Waals surface area contributed by atoms with E-state index in [1.54, 1.807) is 6.26 Å². The molecular formula is C39H58N2O7. The number of carbonyl (C=O) groups excluding carboxylic acids is 1. The van der Waals surface area contributed by atoms with Gasteiger partial charge in [-0.1, -0.05) is 69.7 Å². The van der Waals surface area contributed by atoms with Gasteiger partial charge < -0.3 is 33.7 Å². The van der Waals surface area contributed by atoms with Crippen LogP contribution in [0.1, 0.15) is 72.8 Å². The number of allylic oxidation sites excluding steroid dienone is 4. The Bertz CT molecular complexity index is 1240. The minimum atomic E-state index is -0.833. The first-order valence-electron chi connectivity index (χ1n) is 17.0. The van der Waals surface area contributed by atoms with Crippen molar-refractivity contribution >= 4 is 17.9 Å². The number of rotatable bonds is 15. The summed E-state index contributed by atoms with van der Waals surface area (Å²) < 4.78 is 21.7. The van der Waals surface area contributed by atoms with Gasteiger partial charge in [0.1, 0.15) is 6.29 Å². The van der Waals surface area contributed by atoms with Crippen molar-refractivity contribution in [2.24, 2.45) is 5.92 Å². The average molecular weight is 667 g/mol. The molecule has 2 aliphatic heterocycles. The summed E-state index contributed by atoms with van der Waals surface area (Å²) in [6.45, 7) is 14.1. The molecule has 2 aliphatic rings. The van der Waals surface area contributed by atoms with E-state index in [2.05, 4.69) is 66.2 Å². The van der Waals surface area contributed by atoms with Gasteiger partial charge in [0.05, 0.1) is 18.6 Å². The summed E-state index contributed by atoms with van der Waals surface area (Å²) in [6.07, 6.45) is 16.0. The van der Waals surface area contributed by atoms with Gasteiger partial charge in [0.25, 0.3) is 5.97 Å². The lowest BCUT2D eigenvalue weighted by molar-refractivity contribution is -0.134. The topological polar surface area (TPSA) is 97.8 Å². The first-order valence-corrected chi connectivity index (χ1v) is 17.0. The monoisotopic (exact) mass is 666 g/mol. The van der Waals surface area contributed by atoms with Crippen LogP contribution in [0.2, 0.25) is 0 Å². The number of ether oxygens (including phenoxy) is 4. The van der Waals surface area contributed by atoms with Crippen LogP contribution < -0.4 is 14.4 Å². The molecule has 1 saturated heterocycles. The third kappa shape index (κ3) is 17.1. The van der Waals surface area contributed by atoms with Crippen molar-refractivity contribution in [1.82, 2.24) is 4.90 Å². The molecule has 2 heterocycles. The van der Waals surface area contributed by atoms with Crippen LogP contribution in [0.15, 0.2) is 84.9 Å². The molecule has 0 spiro atoms. The molecule has 4 rings (SSSR count). The molecule has 266 valence electrons. The van der Waals surface area contributed by atoms with E-state index in [0.717, 1.165) is 62.8 Å². The zero-order chi connectivity index (χ0) is 35.6. The van der Waals surface area contributed by atoms with E-state index in [9.17, 15) is 4.79 Å². The molecule has 0 radical (unpaired) electrons. The lowest BCUT2D eigenvalue weighted by Gasteiger charge is -2.22. The number of unbranched alkanes of at least 4 members (excludes halogenated alkanes) is 1. The van der Waals surface area contributed by atoms with Crippen molar-refractivity contribution in [3.8, 4) is 11.5 Å². The largest absolute Gasteiger partial charge is 0.481 e. The summed E-state index contributed by atoms with van der Waals surface area (Å²) in [5.74, 6) is 2.12. The molecule has 0 bridgehead atoms. The lowest BCUT2D eigenvalue weighted by atomic mass is 9.99. The summed E-state index contributed by atoms with van der Waals surface area (Å²) in [4.78, 5) is 24.7. The van der Waals surface area contributed by atoms with Crippen LogP contribution in [0.25, 0.3) is 0 Å². The van der Waals surface area contributed by atoms with E-state index >= 15 is 0 Å². The molecule has 2 unspecified atom stereocenters. The van der Waals surface area contributed by atoms with Gasteiger partial charge in [0.15, 0.2) is 11.5 Å². The number of aryl methyl sites for hydroxylation is 1. The molecule has 0 aromatic heterocycles. The number of nitrogens with zero attached hydrogens (tertiary/aromatic N) is 2. The maximum Gasteiger partial charge on any atom is 0.300 e. The highest BCUT2D eigenvalue weighted by atomic mass is 16.7. The van der Waals surface area contributed by atoms with Crippen LogP contribution in [0.3, 0.4) is 0 Å². The Labute approximate surface area is 288 Å².